The molecule has 2 N–H and O–H groups in total. The van der Waals surface area contributed by atoms with E-state index in [-0.39, 0.29) is 12.1 Å². The van der Waals surface area contributed by atoms with Crippen LogP contribution < -0.4 is 5.73 Å². The molecule has 0 saturated carbocycles. The van der Waals surface area contributed by atoms with Crippen molar-refractivity contribution in [2.24, 2.45) is 5.73 Å². The summed E-state index contributed by atoms with van der Waals surface area (Å²) in [6.45, 7) is 5.96. The lowest BCUT2D eigenvalue weighted by Gasteiger charge is -2.33. The Morgan fingerprint density at radius 2 is 2.29 bits per heavy atom. The standard InChI is InChI=1S/C13H21N3S/c1-3-11(15)13(12-7-5-10-17-12)16(4-2)9-6-8-14/h5,7,10-11,13H,3-4,6,9,15H2,1-2H3. The van der Waals surface area contributed by atoms with Gasteiger partial charge in [0.2, 0.25) is 0 Å². The van der Waals surface area contributed by atoms with Crippen molar-refractivity contribution in [2.45, 2.75) is 38.8 Å². The molecule has 0 aromatic carbocycles. The minimum atomic E-state index is 0.132. The van der Waals surface area contributed by atoms with Gasteiger partial charge in [0.05, 0.1) is 12.1 Å². The highest BCUT2D eigenvalue weighted by atomic mass is 32.1. The first kappa shape index (κ1) is 14.2. The first-order chi connectivity index (χ1) is 8.24. The molecule has 4 heteroatoms. The predicted octanol–water partition coefficient (Wildman–Crippen LogP) is 2.76. The van der Waals surface area contributed by atoms with Crippen molar-refractivity contribution in [3.05, 3.63) is 22.4 Å². The van der Waals surface area contributed by atoms with E-state index in [0.29, 0.717) is 6.42 Å². The third-order valence-corrected chi connectivity index (χ3v) is 3.96. The summed E-state index contributed by atoms with van der Waals surface area (Å²) in [5.74, 6) is 0. The van der Waals surface area contributed by atoms with Gasteiger partial charge < -0.3 is 5.73 Å². The number of nitriles is 1. The number of likely N-dealkylation sites (N-methyl/N-ethyl adjacent to an activating group) is 1. The van der Waals surface area contributed by atoms with Crippen LogP contribution in [-0.2, 0) is 0 Å². The van der Waals surface area contributed by atoms with Crippen LogP contribution >= 0.6 is 11.3 Å². The van der Waals surface area contributed by atoms with Crippen molar-refractivity contribution in [3.8, 4) is 6.07 Å². The topological polar surface area (TPSA) is 53.0 Å². The van der Waals surface area contributed by atoms with Gasteiger partial charge >= 0.3 is 0 Å². The quantitative estimate of drug-likeness (QED) is 0.810. The first-order valence-corrected chi connectivity index (χ1v) is 7.02. The normalized spacial score (nSPS) is 14.5. The molecule has 0 spiro atoms. The zero-order valence-electron chi connectivity index (χ0n) is 10.6. The maximum Gasteiger partial charge on any atom is 0.0635 e. The molecule has 17 heavy (non-hydrogen) atoms. The van der Waals surface area contributed by atoms with Gasteiger partial charge in [0, 0.05) is 23.9 Å². The Labute approximate surface area is 108 Å². The number of hydrogen-bond donors (Lipinski definition) is 1. The summed E-state index contributed by atoms with van der Waals surface area (Å²) in [7, 11) is 0. The zero-order valence-corrected chi connectivity index (χ0v) is 11.4. The van der Waals surface area contributed by atoms with Gasteiger partial charge in [-0.1, -0.05) is 19.9 Å². The fourth-order valence-electron chi connectivity index (χ4n) is 2.03. The van der Waals surface area contributed by atoms with Crippen LogP contribution in [0.25, 0.3) is 0 Å². The number of nitrogens with zero attached hydrogens (tertiary/aromatic N) is 2. The second-order valence-corrected chi connectivity index (χ2v) is 5.05. The summed E-state index contributed by atoms with van der Waals surface area (Å²) < 4.78 is 0. The Kier molecular flexibility index (Phi) is 6.20. The average molecular weight is 251 g/mol. The summed E-state index contributed by atoms with van der Waals surface area (Å²) in [5.41, 5.74) is 6.24. The van der Waals surface area contributed by atoms with Crippen molar-refractivity contribution in [1.82, 2.24) is 4.90 Å². The lowest BCUT2D eigenvalue weighted by atomic mass is 10.0. The maximum absolute atomic E-state index is 8.71. The Balaban J connectivity index is 2.85. The summed E-state index contributed by atoms with van der Waals surface area (Å²) in [4.78, 5) is 3.61. The van der Waals surface area contributed by atoms with Gasteiger partial charge in [-0.05, 0) is 24.4 Å². The van der Waals surface area contributed by atoms with E-state index in [2.05, 4.69) is 42.3 Å². The van der Waals surface area contributed by atoms with Gasteiger partial charge in [0.25, 0.3) is 0 Å². The molecule has 0 radical (unpaired) electrons. The molecule has 2 atom stereocenters. The summed E-state index contributed by atoms with van der Waals surface area (Å²) >= 11 is 1.75. The molecule has 0 aliphatic carbocycles. The number of nitrogens with two attached hydrogens (primary N) is 1. The molecule has 0 fully saturated rings. The van der Waals surface area contributed by atoms with Gasteiger partial charge in [0.1, 0.15) is 0 Å². The van der Waals surface area contributed by atoms with E-state index >= 15 is 0 Å². The molecule has 0 aliphatic heterocycles. The smallest absolute Gasteiger partial charge is 0.0635 e. The molecule has 1 rings (SSSR count). The number of hydrogen-bond acceptors (Lipinski definition) is 4. The summed E-state index contributed by atoms with van der Waals surface area (Å²) in [6, 6.07) is 6.79. The highest BCUT2D eigenvalue weighted by molar-refractivity contribution is 7.10. The van der Waals surface area contributed by atoms with Gasteiger partial charge in [-0.3, -0.25) is 4.90 Å². The van der Waals surface area contributed by atoms with Crippen LogP contribution in [0.4, 0.5) is 0 Å². The Hall–Kier alpha value is -0.890. The van der Waals surface area contributed by atoms with E-state index in [1.165, 1.54) is 4.88 Å². The van der Waals surface area contributed by atoms with E-state index in [9.17, 15) is 0 Å². The van der Waals surface area contributed by atoms with Crippen LogP contribution in [0, 0.1) is 11.3 Å². The van der Waals surface area contributed by atoms with E-state index < -0.39 is 0 Å². The molecule has 0 amide bonds. The van der Waals surface area contributed by atoms with Crippen molar-refractivity contribution in [3.63, 3.8) is 0 Å². The van der Waals surface area contributed by atoms with Crippen LogP contribution in [0.2, 0.25) is 0 Å². The predicted molar refractivity (Wildman–Crippen MR) is 72.8 cm³/mol. The molecule has 3 nitrogen and oxygen atoms in total. The van der Waals surface area contributed by atoms with Crippen LogP contribution in [0.15, 0.2) is 17.5 Å². The van der Waals surface area contributed by atoms with Crippen LogP contribution in [0.1, 0.15) is 37.6 Å². The lowest BCUT2D eigenvalue weighted by Crippen LogP contribution is -2.40. The lowest BCUT2D eigenvalue weighted by molar-refractivity contribution is 0.184. The van der Waals surface area contributed by atoms with E-state index in [4.69, 9.17) is 11.0 Å². The van der Waals surface area contributed by atoms with Crippen LogP contribution in [0.5, 0.6) is 0 Å². The molecule has 0 saturated heterocycles. The zero-order chi connectivity index (χ0) is 12.7. The fourth-order valence-corrected chi connectivity index (χ4v) is 2.97. The van der Waals surface area contributed by atoms with Gasteiger partial charge in [-0.15, -0.1) is 11.3 Å². The fraction of sp³-hybridized carbons (Fsp3) is 0.615. The average Bonchev–Trinajstić information content (AvgIpc) is 2.87. The van der Waals surface area contributed by atoms with Crippen molar-refractivity contribution in [1.29, 1.82) is 5.26 Å². The van der Waals surface area contributed by atoms with Crippen LogP contribution in [0.3, 0.4) is 0 Å². The molecule has 94 valence electrons. The molecule has 1 heterocycles. The van der Waals surface area contributed by atoms with Crippen LogP contribution in [-0.4, -0.2) is 24.0 Å². The van der Waals surface area contributed by atoms with Crippen molar-refractivity contribution < 1.29 is 0 Å². The molecule has 1 aromatic rings. The minimum Gasteiger partial charge on any atom is -0.326 e. The third kappa shape index (κ3) is 3.81. The molecular formula is C13H21N3S. The molecule has 2 unspecified atom stereocenters. The summed E-state index contributed by atoms with van der Waals surface area (Å²) in [5, 5.41) is 10.8. The Bertz CT molecular complexity index is 342. The summed E-state index contributed by atoms with van der Waals surface area (Å²) in [6.07, 6.45) is 1.51. The maximum atomic E-state index is 8.71. The second-order valence-electron chi connectivity index (χ2n) is 4.07. The number of thiophene rings is 1. The van der Waals surface area contributed by atoms with Crippen molar-refractivity contribution in [2.75, 3.05) is 13.1 Å². The first-order valence-electron chi connectivity index (χ1n) is 6.14. The molecule has 0 bridgehead atoms. The third-order valence-electron chi connectivity index (χ3n) is 3.02. The highest BCUT2D eigenvalue weighted by Gasteiger charge is 2.25. The Morgan fingerprint density at radius 3 is 2.76 bits per heavy atom. The van der Waals surface area contributed by atoms with Gasteiger partial charge in [-0.2, -0.15) is 5.26 Å². The van der Waals surface area contributed by atoms with Crippen molar-refractivity contribution >= 4 is 11.3 Å². The SMILES string of the molecule is CCC(N)C(c1cccs1)N(CC)CCC#N. The minimum absolute atomic E-state index is 0.132. The molecular weight excluding hydrogens is 230 g/mol. The molecule has 1 aromatic heterocycles. The monoisotopic (exact) mass is 251 g/mol. The van der Waals surface area contributed by atoms with Gasteiger partial charge in [-0.25, -0.2) is 0 Å². The van der Waals surface area contributed by atoms with E-state index in [1.807, 2.05) is 0 Å². The Morgan fingerprint density at radius 1 is 1.53 bits per heavy atom. The largest absolute Gasteiger partial charge is 0.326 e. The highest BCUT2D eigenvalue weighted by Crippen LogP contribution is 2.28. The number of rotatable bonds is 7. The molecule has 0 aliphatic rings. The second kappa shape index (κ2) is 7.44. The van der Waals surface area contributed by atoms with E-state index in [0.717, 1.165) is 19.5 Å². The van der Waals surface area contributed by atoms with Gasteiger partial charge in [0.15, 0.2) is 0 Å². The van der Waals surface area contributed by atoms with E-state index in [1.54, 1.807) is 11.3 Å².